The fourth-order valence-electron chi connectivity index (χ4n) is 3.11. The lowest BCUT2D eigenvalue weighted by Gasteiger charge is -2.45. The molecule has 2 rings (SSSR count). The molecule has 1 N–H and O–H groups in total. The maximum atomic E-state index is 12.3. The molecule has 2 fully saturated rings. The molecule has 1 atom stereocenters. The van der Waals surface area contributed by atoms with E-state index in [0.29, 0.717) is 0 Å². The van der Waals surface area contributed by atoms with Crippen molar-refractivity contribution >= 4 is 23.6 Å². The van der Waals surface area contributed by atoms with Crippen molar-refractivity contribution in [2.75, 3.05) is 18.6 Å². The van der Waals surface area contributed by atoms with E-state index in [1.807, 2.05) is 4.90 Å². The van der Waals surface area contributed by atoms with Gasteiger partial charge in [-0.2, -0.15) is 11.8 Å². The van der Waals surface area contributed by atoms with E-state index in [2.05, 4.69) is 11.6 Å². The largest absolute Gasteiger partial charge is 0.343 e. The van der Waals surface area contributed by atoms with Crippen LogP contribution in [0, 0.1) is 0 Å². The van der Waals surface area contributed by atoms with Crippen molar-refractivity contribution in [1.82, 2.24) is 10.2 Å². The van der Waals surface area contributed by atoms with Gasteiger partial charge in [0.1, 0.15) is 11.6 Å². The average Bonchev–Trinajstić information content (AvgIpc) is 2.82. The first-order valence-corrected chi connectivity index (χ1v) is 8.12. The summed E-state index contributed by atoms with van der Waals surface area (Å²) in [5, 5.41) is 2.85. The van der Waals surface area contributed by atoms with E-state index in [0.717, 1.165) is 44.4 Å². The standard InChI is InChI=1S/C13H22N2O2S/c1-10-11(16)15(8-5-9-18-2)13(12(17)14-10)6-3-4-7-13/h10H,3-9H2,1-2H3,(H,14,17). The van der Waals surface area contributed by atoms with Crippen molar-refractivity contribution in [2.45, 2.75) is 50.6 Å². The van der Waals surface area contributed by atoms with Gasteiger partial charge >= 0.3 is 0 Å². The Kier molecular flexibility index (Phi) is 4.20. The van der Waals surface area contributed by atoms with Crippen molar-refractivity contribution in [3.8, 4) is 0 Å². The monoisotopic (exact) mass is 270 g/mol. The lowest BCUT2D eigenvalue weighted by Crippen LogP contribution is -2.69. The molecule has 1 heterocycles. The minimum atomic E-state index is -0.526. The molecule has 2 amide bonds. The molecule has 18 heavy (non-hydrogen) atoms. The lowest BCUT2D eigenvalue weighted by atomic mass is 9.89. The Balaban J connectivity index is 2.17. The van der Waals surface area contributed by atoms with E-state index in [4.69, 9.17) is 0 Å². The summed E-state index contributed by atoms with van der Waals surface area (Å²) < 4.78 is 0. The van der Waals surface area contributed by atoms with E-state index in [1.54, 1.807) is 18.7 Å². The molecule has 1 aliphatic carbocycles. The lowest BCUT2D eigenvalue weighted by molar-refractivity contribution is -0.156. The first-order valence-electron chi connectivity index (χ1n) is 6.73. The maximum absolute atomic E-state index is 12.3. The molecule has 4 nitrogen and oxygen atoms in total. The summed E-state index contributed by atoms with van der Waals surface area (Å²) in [5.41, 5.74) is -0.526. The summed E-state index contributed by atoms with van der Waals surface area (Å²) >= 11 is 1.79. The quantitative estimate of drug-likeness (QED) is 0.786. The fraction of sp³-hybridized carbons (Fsp3) is 0.846. The van der Waals surface area contributed by atoms with Crippen molar-refractivity contribution in [2.24, 2.45) is 0 Å². The van der Waals surface area contributed by atoms with Gasteiger partial charge in [0.25, 0.3) is 0 Å². The molecule has 1 unspecified atom stereocenters. The molecule has 1 spiro atoms. The van der Waals surface area contributed by atoms with Gasteiger partial charge in [0.2, 0.25) is 11.8 Å². The van der Waals surface area contributed by atoms with Gasteiger partial charge < -0.3 is 10.2 Å². The van der Waals surface area contributed by atoms with Gasteiger partial charge in [-0.15, -0.1) is 0 Å². The number of nitrogens with one attached hydrogen (secondary N) is 1. The third-order valence-electron chi connectivity index (χ3n) is 4.08. The second kappa shape index (κ2) is 5.51. The summed E-state index contributed by atoms with van der Waals surface area (Å²) in [6, 6.07) is -0.363. The first kappa shape index (κ1) is 13.7. The Morgan fingerprint density at radius 1 is 1.39 bits per heavy atom. The Labute approximate surface area is 113 Å². The molecule has 102 valence electrons. The van der Waals surface area contributed by atoms with Crippen LogP contribution in [-0.2, 0) is 9.59 Å². The van der Waals surface area contributed by atoms with E-state index in [1.165, 1.54) is 0 Å². The third kappa shape index (κ3) is 2.25. The highest BCUT2D eigenvalue weighted by molar-refractivity contribution is 7.98. The summed E-state index contributed by atoms with van der Waals surface area (Å²) in [6.07, 6.45) is 6.79. The number of hydrogen-bond donors (Lipinski definition) is 1. The van der Waals surface area contributed by atoms with Crippen molar-refractivity contribution in [3.63, 3.8) is 0 Å². The molecule has 0 aromatic carbocycles. The normalized spacial score (nSPS) is 26.8. The molecule has 2 aliphatic rings. The molecule has 0 aromatic heterocycles. The van der Waals surface area contributed by atoms with Crippen LogP contribution < -0.4 is 5.32 Å². The maximum Gasteiger partial charge on any atom is 0.246 e. The predicted octanol–water partition coefficient (Wildman–Crippen LogP) is 1.40. The smallest absolute Gasteiger partial charge is 0.246 e. The summed E-state index contributed by atoms with van der Waals surface area (Å²) in [5.74, 6) is 1.20. The van der Waals surface area contributed by atoms with Gasteiger partial charge in [-0.25, -0.2) is 0 Å². The minimum Gasteiger partial charge on any atom is -0.343 e. The molecule has 0 radical (unpaired) electrons. The zero-order valence-electron chi connectivity index (χ0n) is 11.2. The predicted molar refractivity (Wildman–Crippen MR) is 73.5 cm³/mol. The molecule has 1 saturated heterocycles. The van der Waals surface area contributed by atoms with Crippen LogP contribution in [0.25, 0.3) is 0 Å². The second-order valence-electron chi connectivity index (χ2n) is 5.27. The van der Waals surface area contributed by atoms with Crippen LogP contribution in [0.15, 0.2) is 0 Å². The SMILES string of the molecule is CSCCCN1C(=O)C(C)NC(=O)C12CCCC2. The number of rotatable bonds is 4. The Bertz CT molecular complexity index is 340. The van der Waals surface area contributed by atoms with Gasteiger partial charge in [0.05, 0.1) is 0 Å². The van der Waals surface area contributed by atoms with Gasteiger partial charge in [-0.1, -0.05) is 12.8 Å². The van der Waals surface area contributed by atoms with Crippen LogP contribution in [-0.4, -0.2) is 46.8 Å². The van der Waals surface area contributed by atoms with E-state index >= 15 is 0 Å². The fourth-order valence-corrected chi connectivity index (χ4v) is 3.53. The van der Waals surface area contributed by atoms with Gasteiger partial charge in [0.15, 0.2) is 0 Å². The zero-order valence-corrected chi connectivity index (χ0v) is 12.0. The minimum absolute atomic E-state index is 0.0660. The number of nitrogens with zero attached hydrogens (tertiary/aromatic N) is 1. The van der Waals surface area contributed by atoms with Gasteiger partial charge in [-0.05, 0) is 38.2 Å². The molecule has 1 aliphatic heterocycles. The number of amides is 2. The zero-order chi connectivity index (χ0) is 13.2. The van der Waals surface area contributed by atoms with Crippen molar-refractivity contribution in [1.29, 1.82) is 0 Å². The van der Waals surface area contributed by atoms with Crippen molar-refractivity contribution in [3.05, 3.63) is 0 Å². The van der Waals surface area contributed by atoms with Crippen LogP contribution in [0.3, 0.4) is 0 Å². The molecule has 0 aromatic rings. The van der Waals surface area contributed by atoms with E-state index < -0.39 is 5.54 Å². The summed E-state index contributed by atoms with van der Waals surface area (Å²) in [6.45, 7) is 2.50. The van der Waals surface area contributed by atoms with Gasteiger partial charge in [-0.3, -0.25) is 9.59 Å². The number of carbonyl (C=O) groups is 2. The topological polar surface area (TPSA) is 49.4 Å². The molecular weight excluding hydrogens is 248 g/mol. The third-order valence-corrected chi connectivity index (χ3v) is 4.78. The molecule has 1 saturated carbocycles. The highest BCUT2D eigenvalue weighted by atomic mass is 32.2. The average molecular weight is 270 g/mol. The highest BCUT2D eigenvalue weighted by Crippen LogP contribution is 2.38. The Hall–Kier alpha value is -0.710. The van der Waals surface area contributed by atoms with Crippen LogP contribution in [0.4, 0.5) is 0 Å². The number of carbonyl (C=O) groups excluding carboxylic acids is 2. The Morgan fingerprint density at radius 3 is 2.67 bits per heavy atom. The van der Waals surface area contributed by atoms with E-state index in [-0.39, 0.29) is 17.9 Å². The summed E-state index contributed by atoms with van der Waals surface area (Å²) in [4.78, 5) is 26.5. The van der Waals surface area contributed by atoms with Crippen LogP contribution in [0.5, 0.6) is 0 Å². The molecule has 0 bridgehead atoms. The van der Waals surface area contributed by atoms with Crippen molar-refractivity contribution < 1.29 is 9.59 Å². The molecule has 5 heteroatoms. The summed E-state index contributed by atoms with van der Waals surface area (Å²) in [7, 11) is 0. The second-order valence-corrected chi connectivity index (χ2v) is 6.26. The number of hydrogen-bond acceptors (Lipinski definition) is 3. The van der Waals surface area contributed by atoms with Crippen LogP contribution in [0.2, 0.25) is 0 Å². The highest BCUT2D eigenvalue weighted by Gasteiger charge is 2.52. The molecular formula is C13H22N2O2S. The van der Waals surface area contributed by atoms with Gasteiger partial charge in [0, 0.05) is 6.54 Å². The van der Waals surface area contributed by atoms with Crippen LogP contribution >= 0.6 is 11.8 Å². The van der Waals surface area contributed by atoms with Crippen LogP contribution in [0.1, 0.15) is 39.0 Å². The number of thioether (sulfide) groups is 1. The Morgan fingerprint density at radius 2 is 2.06 bits per heavy atom. The van der Waals surface area contributed by atoms with E-state index in [9.17, 15) is 9.59 Å². The first-order chi connectivity index (χ1) is 8.62. The number of piperazine rings is 1.